The zero-order valence-corrected chi connectivity index (χ0v) is 22.5. The summed E-state index contributed by atoms with van der Waals surface area (Å²) in [5.74, 6) is 1.50. The van der Waals surface area contributed by atoms with Crippen molar-refractivity contribution in [2.24, 2.45) is 0 Å². The van der Waals surface area contributed by atoms with Crippen molar-refractivity contribution < 1.29 is 14.3 Å². The standard InChI is InChI=1S/C28H32Cl2N4O3/c1-20-14-27(33-12-11-32(18-28(33)35)16-21-5-7-23(29)8-6-21)31-34(20)17-22-15-24(30)9-10-26(22)37-19-25-4-2-3-13-36-25/h5-10,14-15,25H,2-4,11-13,16-19H2,1H3. The number of aromatic nitrogens is 2. The Balaban J connectivity index is 1.23. The number of hydrogen-bond donors (Lipinski definition) is 0. The topological polar surface area (TPSA) is 59.8 Å². The molecule has 2 aliphatic rings. The van der Waals surface area contributed by atoms with E-state index >= 15 is 0 Å². The molecule has 196 valence electrons. The summed E-state index contributed by atoms with van der Waals surface area (Å²) >= 11 is 12.3. The van der Waals surface area contributed by atoms with Crippen LogP contribution in [0.4, 0.5) is 5.82 Å². The lowest BCUT2D eigenvalue weighted by molar-refractivity contribution is -0.121. The van der Waals surface area contributed by atoms with Crippen molar-refractivity contribution in [2.45, 2.75) is 45.4 Å². The number of amides is 1. The maximum Gasteiger partial charge on any atom is 0.242 e. The molecule has 1 amide bonds. The number of benzene rings is 2. The SMILES string of the molecule is Cc1cc(N2CCN(Cc3ccc(Cl)cc3)CC2=O)nn1Cc1cc(Cl)ccc1OCC1CCCCO1. The van der Waals surface area contributed by atoms with E-state index in [2.05, 4.69) is 4.90 Å². The van der Waals surface area contributed by atoms with Gasteiger partial charge in [-0.2, -0.15) is 5.10 Å². The molecule has 2 fully saturated rings. The van der Waals surface area contributed by atoms with E-state index in [0.717, 1.165) is 48.6 Å². The van der Waals surface area contributed by atoms with Crippen LogP contribution in [0.1, 0.15) is 36.1 Å². The minimum Gasteiger partial charge on any atom is -0.491 e. The first kappa shape index (κ1) is 26.0. The number of rotatable bonds is 8. The van der Waals surface area contributed by atoms with Crippen molar-refractivity contribution in [2.75, 3.05) is 37.7 Å². The largest absolute Gasteiger partial charge is 0.491 e. The van der Waals surface area contributed by atoms with Gasteiger partial charge in [0.25, 0.3) is 0 Å². The molecule has 5 rings (SSSR count). The molecular formula is C28H32Cl2N4O3. The molecule has 3 aromatic rings. The van der Waals surface area contributed by atoms with Gasteiger partial charge in [-0.3, -0.25) is 19.3 Å². The summed E-state index contributed by atoms with van der Waals surface area (Å²) in [6, 6.07) is 15.4. The second-order valence-corrected chi connectivity index (χ2v) is 10.6. The Labute approximate surface area is 227 Å². The number of carbonyl (C=O) groups is 1. The summed E-state index contributed by atoms with van der Waals surface area (Å²) < 4.78 is 13.9. The van der Waals surface area contributed by atoms with Crippen LogP contribution >= 0.6 is 23.2 Å². The summed E-state index contributed by atoms with van der Waals surface area (Å²) in [5, 5.41) is 6.14. The highest BCUT2D eigenvalue weighted by Crippen LogP contribution is 2.27. The van der Waals surface area contributed by atoms with Gasteiger partial charge < -0.3 is 9.47 Å². The van der Waals surface area contributed by atoms with Gasteiger partial charge in [0, 0.05) is 53.6 Å². The summed E-state index contributed by atoms with van der Waals surface area (Å²) in [7, 11) is 0. The number of ether oxygens (including phenoxy) is 2. The van der Waals surface area contributed by atoms with Crippen molar-refractivity contribution in [1.29, 1.82) is 0 Å². The Hall–Kier alpha value is -2.58. The van der Waals surface area contributed by atoms with Gasteiger partial charge in [-0.1, -0.05) is 35.3 Å². The van der Waals surface area contributed by atoms with Crippen molar-refractivity contribution in [3.63, 3.8) is 0 Å². The quantitative estimate of drug-likeness (QED) is 0.384. The lowest BCUT2D eigenvalue weighted by Gasteiger charge is -2.33. The minimum atomic E-state index is 0.0455. The van der Waals surface area contributed by atoms with Gasteiger partial charge >= 0.3 is 0 Å². The fourth-order valence-corrected chi connectivity index (χ4v) is 5.15. The maximum absolute atomic E-state index is 13.0. The predicted octanol–water partition coefficient (Wildman–Crippen LogP) is 5.34. The number of anilines is 1. The lowest BCUT2D eigenvalue weighted by atomic mass is 10.1. The zero-order valence-electron chi connectivity index (χ0n) is 21.0. The maximum atomic E-state index is 13.0. The lowest BCUT2D eigenvalue weighted by Crippen LogP contribution is -2.50. The summed E-state index contributed by atoms with van der Waals surface area (Å²) in [5.41, 5.74) is 3.05. The molecule has 0 radical (unpaired) electrons. The molecule has 1 aromatic heterocycles. The Morgan fingerprint density at radius 3 is 2.59 bits per heavy atom. The van der Waals surface area contributed by atoms with Crippen molar-refractivity contribution in [1.82, 2.24) is 14.7 Å². The van der Waals surface area contributed by atoms with Crippen LogP contribution in [0.15, 0.2) is 48.5 Å². The van der Waals surface area contributed by atoms with Gasteiger partial charge in [0.1, 0.15) is 12.4 Å². The third kappa shape index (κ3) is 6.65. The number of aryl methyl sites for hydroxylation is 1. The summed E-state index contributed by atoms with van der Waals surface area (Å²) in [6.45, 7) is 6.25. The summed E-state index contributed by atoms with van der Waals surface area (Å²) in [6.07, 6.45) is 3.43. The van der Waals surface area contributed by atoms with E-state index in [1.807, 2.05) is 60.1 Å². The molecule has 3 heterocycles. The van der Waals surface area contributed by atoms with E-state index in [9.17, 15) is 4.79 Å². The van der Waals surface area contributed by atoms with E-state index in [1.54, 1.807) is 4.90 Å². The van der Waals surface area contributed by atoms with E-state index in [4.69, 9.17) is 37.8 Å². The average Bonchev–Trinajstić information content (AvgIpc) is 3.25. The Bertz CT molecular complexity index is 1220. The minimum absolute atomic E-state index is 0.0455. The van der Waals surface area contributed by atoms with Crippen LogP contribution in [0.25, 0.3) is 0 Å². The highest BCUT2D eigenvalue weighted by atomic mass is 35.5. The number of piperazine rings is 1. The monoisotopic (exact) mass is 542 g/mol. The van der Waals surface area contributed by atoms with Gasteiger partial charge in [-0.15, -0.1) is 0 Å². The molecule has 0 spiro atoms. The average molecular weight is 543 g/mol. The molecule has 2 aromatic carbocycles. The first-order chi connectivity index (χ1) is 17.9. The first-order valence-corrected chi connectivity index (χ1v) is 13.5. The third-order valence-electron chi connectivity index (χ3n) is 6.91. The molecule has 1 unspecified atom stereocenters. The van der Waals surface area contributed by atoms with Crippen LogP contribution in [0.3, 0.4) is 0 Å². The Morgan fingerprint density at radius 1 is 1.03 bits per heavy atom. The smallest absolute Gasteiger partial charge is 0.242 e. The number of hydrogen-bond acceptors (Lipinski definition) is 5. The van der Waals surface area contributed by atoms with Crippen LogP contribution in [0.5, 0.6) is 5.75 Å². The molecule has 37 heavy (non-hydrogen) atoms. The van der Waals surface area contributed by atoms with Crippen molar-refractivity contribution >= 4 is 34.9 Å². The molecule has 0 aliphatic carbocycles. The molecule has 0 bridgehead atoms. The zero-order chi connectivity index (χ0) is 25.8. The van der Waals surface area contributed by atoms with Gasteiger partial charge in [0.2, 0.25) is 5.91 Å². The highest BCUT2D eigenvalue weighted by Gasteiger charge is 2.27. The van der Waals surface area contributed by atoms with Crippen LogP contribution in [-0.4, -0.2) is 59.5 Å². The van der Waals surface area contributed by atoms with E-state index in [0.29, 0.717) is 48.6 Å². The Morgan fingerprint density at radius 2 is 1.84 bits per heavy atom. The van der Waals surface area contributed by atoms with Crippen molar-refractivity contribution in [3.8, 4) is 5.75 Å². The van der Waals surface area contributed by atoms with E-state index in [-0.39, 0.29) is 12.0 Å². The van der Waals surface area contributed by atoms with Gasteiger partial charge in [-0.25, -0.2) is 0 Å². The molecule has 0 saturated carbocycles. The van der Waals surface area contributed by atoms with E-state index < -0.39 is 0 Å². The fraction of sp³-hybridized carbons (Fsp3) is 0.429. The molecule has 0 N–H and O–H groups in total. The first-order valence-electron chi connectivity index (χ1n) is 12.8. The van der Waals surface area contributed by atoms with Gasteiger partial charge in [-0.05, 0) is 62.1 Å². The fourth-order valence-electron chi connectivity index (χ4n) is 4.83. The second kappa shape index (κ2) is 11.9. The van der Waals surface area contributed by atoms with Gasteiger partial charge in [0.05, 0.1) is 19.2 Å². The van der Waals surface area contributed by atoms with Crippen LogP contribution in [0.2, 0.25) is 10.0 Å². The molecule has 2 saturated heterocycles. The van der Waals surface area contributed by atoms with Crippen LogP contribution < -0.4 is 9.64 Å². The molecule has 2 aliphatic heterocycles. The molecular weight excluding hydrogens is 511 g/mol. The van der Waals surface area contributed by atoms with E-state index in [1.165, 1.54) is 6.42 Å². The number of carbonyl (C=O) groups excluding carboxylic acids is 1. The normalized spacial score (nSPS) is 18.8. The molecule has 1 atom stereocenters. The number of halogens is 2. The van der Waals surface area contributed by atoms with Gasteiger partial charge in [0.15, 0.2) is 5.82 Å². The predicted molar refractivity (Wildman–Crippen MR) is 146 cm³/mol. The molecule has 7 nitrogen and oxygen atoms in total. The van der Waals surface area contributed by atoms with Crippen LogP contribution in [-0.2, 0) is 22.6 Å². The Kier molecular flexibility index (Phi) is 8.35. The highest BCUT2D eigenvalue weighted by molar-refractivity contribution is 6.30. The van der Waals surface area contributed by atoms with Crippen molar-refractivity contribution in [3.05, 3.63) is 75.4 Å². The summed E-state index contributed by atoms with van der Waals surface area (Å²) in [4.78, 5) is 17.0. The number of nitrogens with zero attached hydrogens (tertiary/aromatic N) is 4. The second-order valence-electron chi connectivity index (χ2n) is 9.74. The molecule has 9 heteroatoms. The third-order valence-corrected chi connectivity index (χ3v) is 7.39. The van der Waals surface area contributed by atoms with Crippen LogP contribution in [0, 0.1) is 6.92 Å².